The maximum absolute atomic E-state index is 13.1. The van der Waals surface area contributed by atoms with Gasteiger partial charge in [0.05, 0.1) is 12.9 Å². The van der Waals surface area contributed by atoms with Crippen molar-refractivity contribution < 1.29 is 9.59 Å². The Morgan fingerprint density at radius 2 is 2.00 bits per heavy atom. The molecule has 1 aromatic heterocycles. The number of likely N-dealkylation sites (tertiary alicyclic amines) is 1. The quantitative estimate of drug-likeness (QED) is 0.860. The molecule has 0 radical (unpaired) electrons. The summed E-state index contributed by atoms with van der Waals surface area (Å²) in [4.78, 5) is 31.7. The first-order valence-electron chi connectivity index (χ1n) is 9.22. The minimum atomic E-state index is -0.706. The van der Waals surface area contributed by atoms with Gasteiger partial charge in [0.1, 0.15) is 5.54 Å². The van der Waals surface area contributed by atoms with Crippen molar-refractivity contribution in [3.63, 3.8) is 0 Å². The zero-order valence-corrected chi connectivity index (χ0v) is 14.1. The molecule has 6 nitrogen and oxygen atoms in total. The van der Waals surface area contributed by atoms with Crippen LogP contribution in [0.15, 0.2) is 18.7 Å². The van der Waals surface area contributed by atoms with E-state index in [2.05, 4.69) is 10.3 Å². The lowest BCUT2D eigenvalue weighted by atomic mass is 9.87. The molecule has 1 atom stereocenters. The van der Waals surface area contributed by atoms with Crippen LogP contribution in [0, 0.1) is 11.8 Å². The van der Waals surface area contributed by atoms with E-state index < -0.39 is 5.54 Å². The first-order valence-corrected chi connectivity index (χ1v) is 9.22. The molecule has 3 fully saturated rings. The molecular formula is C18H26N4O2. The fourth-order valence-electron chi connectivity index (χ4n) is 3.70. The fraction of sp³-hybridized carbons (Fsp3) is 0.722. The number of hydrogen-bond donors (Lipinski definition) is 1. The van der Waals surface area contributed by atoms with E-state index in [1.165, 1.54) is 25.7 Å². The highest BCUT2D eigenvalue weighted by molar-refractivity contribution is 5.86. The number of nitrogens with one attached hydrogen (secondary N) is 1. The number of imidazole rings is 1. The van der Waals surface area contributed by atoms with Gasteiger partial charge in [-0.15, -0.1) is 0 Å². The van der Waals surface area contributed by atoms with Crippen LogP contribution in [0.25, 0.3) is 0 Å². The van der Waals surface area contributed by atoms with Gasteiger partial charge >= 0.3 is 0 Å². The summed E-state index contributed by atoms with van der Waals surface area (Å²) in [6.45, 7) is 1.98. The highest BCUT2D eigenvalue weighted by Gasteiger charge is 2.45. The number of rotatable bonds is 6. The summed E-state index contributed by atoms with van der Waals surface area (Å²) in [6.07, 6.45) is 12.3. The summed E-state index contributed by atoms with van der Waals surface area (Å²) >= 11 is 0. The van der Waals surface area contributed by atoms with Gasteiger partial charge in [0.15, 0.2) is 0 Å². The van der Waals surface area contributed by atoms with Gasteiger partial charge in [0, 0.05) is 31.9 Å². The minimum absolute atomic E-state index is 0.0383. The number of carbonyl (C=O) groups is 2. The monoisotopic (exact) mass is 330 g/mol. The Balaban J connectivity index is 1.52. The minimum Gasteiger partial charge on any atom is -0.354 e. The molecule has 0 spiro atoms. The maximum atomic E-state index is 13.1. The molecule has 2 heterocycles. The third-order valence-corrected chi connectivity index (χ3v) is 5.65. The summed E-state index contributed by atoms with van der Waals surface area (Å²) in [5.74, 6) is 1.46. The number of nitrogens with zero attached hydrogens (tertiary/aromatic N) is 3. The summed E-state index contributed by atoms with van der Waals surface area (Å²) in [5, 5.41) is 3.13. The molecule has 1 saturated heterocycles. The summed E-state index contributed by atoms with van der Waals surface area (Å²) < 4.78 is 1.91. The standard InChI is InChI=1S/C18H26N4O2/c23-16(10-14-2-3-14)21-8-1-6-18(12-21,22-9-7-19-13-22)17(24)20-11-15-4-5-15/h7,9,13-15H,1-6,8,10-12H2,(H,20,24). The van der Waals surface area contributed by atoms with Crippen molar-refractivity contribution in [1.29, 1.82) is 0 Å². The van der Waals surface area contributed by atoms with E-state index in [-0.39, 0.29) is 11.8 Å². The van der Waals surface area contributed by atoms with Crippen LogP contribution in [0.2, 0.25) is 0 Å². The Morgan fingerprint density at radius 1 is 1.21 bits per heavy atom. The van der Waals surface area contributed by atoms with E-state index >= 15 is 0 Å². The van der Waals surface area contributed by atoms with Gasteiger partial charge in [-0.05, 0) is 50.4 Å². The molecule has 1 aromatic rings. The van der Waals surface area contributed by atoms with Crippen LogP contribution in [0.1, 0.15) is 44.9 Å². The van der Waals surface area contributed by atoms with Crippen LogP contribution in [-0.4, -0.2) is 45.9 Å². The molecule has 6 heteroatoms. The van der Waals surface area contributed by atoms with Crippen molar-refractivity contribution in [2.45, 2.75) is 50.5 Å². The third kappa shape index (κ3) is 3.19. The van der Waals surface area contributed by atoms with E-state index in [0.29, 0.717) is 24.8 Å². The van der Waals surface area contributed by atoms with Gasteiger partial charge in [-0.2, -0.15) is 0 Å². The molecule has 3 aliphatic rings. The zero-order valence-electron chi connectivity index (χ0n) is 14.1. The lowest BCUT2D eigenvalue weighted by Crippen LogP contribution is -2.59. The average molecular weight is 330 g/mol. The molecule has 1 N–H and O–H groups in total. The molecule has 1 aliphatic heterocycles. The highest BCUT2D eigenvalue weighted by atomic mass is 16.2. The van der Waals surface area contributed by atoms with Crippen LogP contribution in [0.5, 0.6) is 0 Å². The number of amides is 2. The van der Waals surface area contributed by atoms with Gasteiger partial charge in [0.25, 0.3) is 0 Å². The molecule has 2 amide bonds. The topological polar surface area (TPSA) is 67.2 Å². The second kappa shape index (κ2) is 6.22. The molecule has 24 heavy (non-hydrogen) atoms. The van der Waals surface area contributed by atoms with E-state index in [4.69, 9.17) is 0 Å². The SMILES string of the molecule is O=C(CC1CC1)N1CCCC(C(=O)NCC2CC2)(n2ccnc2)C1. The Hall–Kier alpha value is -1.85. The number of aromatic nitrogens is 2. The van der Waals surface area contributed by atoms with Crippen molar-refractivity contribution in [1.82, 2.24) is 19.8 Å². The van der Waals surface area contributed by atoms with E-state index in [0.717, 1.165) is 25.9 Å². The van der Waals surface area contributed by atoms with E-state index in [1.54, 1.807) is 12.5 Å². The van der Waals surface area contributed by atoms with Crippen LogP contribution in [0.4, 0.5) is 0 Å². The van der Waals surface area contributed by atoms with Crippen molar-refractivity contribution in [3.8, 4) is 0 Å². The van der Waals surface area contributed by atoms with Gasteiger partial charge in [-0.1, -0.05) is 0 Å². The van der Waals surface area contributed by atoms with Crippen LogP contribution in [-0.2, 0) is 15.1 Å². The largest absolute Gasteiger partial charge is 0.354 e. The second-order valence-corrected chi connectivity index (χ2v) is 7.72. The molecule has 2 aliphatic carbocycles. The van der Waals surface area contributed by atoms with E-state index in [1.807, 2.05) is 15.7 Å². The van der Waals surface area contributed by atoms with Gasteiger partial charge in [-0.3, -0.25) is 9.59 Å². The van der Waals surface area contributed by atoms with Crippen molar-refractivity contribution in [3.05, 3.63) is 18.7 Å². The molecule has 0 aromatic carbocycles. The second-order valence-electron chi connectivity index (χ2n) is 7.72. The zero-order chi connectivity index (χ0) is 16.6. The van der Waals surface area contributed by atoms with E-state index in [9.17, 15) is 9.59 Å². The Labute approximate surface area is 142 Å². The normalized spacial score (nSPS) is 27.1. The summed E-state index contributed by atoms with van der Waals surface area (Å²) in [6, 6.07) is 0. The molecular weight excluding hydrogens is 304 g/mol. The third-order valence-electron chi connectivity index (χ3n) is 5.65. The molecule has 2 saturated carbocycles. The molecule has 0 bridgehead atoms. The molecule has 4 rings (SSSR count). The summed E-state index contributed by atoms with van der Waals surface area (Å²) in [7, 11) is 0. The van der Waals surface area contributed by atoms with Gasteiger partial charge in [-0.25, -0.2) is 4.98 Å². The van der Waals surface area contributed by atoms with Crippen molar-refractivity contribution in [2.24, 2.45) is 11.8 Å². The molecule has 130 valence electrons. The highest BCUT2D eigenvalue weighted by Crippen LogP contribution is 2.35. The lowest BCUT2D eigenvalue weighted by Gasteiger charge is -2.42. The van der Waals surface area contributed by atoms with Crippen molar-refractivity contribution in [2.75, 3.05) is 19.6 Å². The average Bonchev–Trinajstić information content (AvgIpc) is 3.53. The first kappa shape index (κ1) is 15.7. The molecule has 1 unspecified atom stereocenters. The number of piperidine rings is 1. The smallest absolute Gasteiger partial charge is 0.248 e. The van der Waals surface area contributed by atoms with Gasteiger partial charge < -0.3 is 14.8 Å². The Kier molecular flexibility index (Phi) is 4.06. The number of carbonyl (C=O) groups excluding carboxylic acids is 2. The predicted molar refractivity (Wildman–Crippen MR) is 89.1 cm³/mol. The lowest BCUT2D eigenvalue weighted by molar-refractivity contribution is -0.140. The maximum Gasteiger partial charge on any atom is 0.248 e. The van der Waals surface area contributed by atoms with Crippen LogP contribution >= 0.6 is 0 Å². The van der Waals surface area contributed by atoms with Crippen molar-refractivity contribution >= 4 is 11.8 Å². The summed E-state index contributed by atoms with van der Waals surface area (Å²) in [5.41, 5.74) is -0.706. The fourth-order valence-corrected chi connectivity index (χ4v) is 3.70. The van der Waals surface area contributed by atoms with Gasteiger partial charge in [0.2, 0.25) is 11.8 Å². The van der Waals surface area contributed by atoms with Crippen LogP contribution in [0.3, 0.4) is 0 Å². The predicted octanol–water partition coefficient (Wildman–Crippen LogP) is 1.53. The Bertz CT molecular complexity index is 607. The number of hydrogen-bond acceptors (Lipinski definition) is 3. The van der Waals surface area contributed by atoms with Crippen LogP contribution < -0.4 is 5.32 Å². The Morgan fingerprint density at radius 3 is 2.67 bits per heavy atom. The first-order chi connectivity index (χ1) is 11.7.